The first-order valence-electron chi connectivity index (χ1n) is 11.2. The van der Waals surface area contributed by atoms with Crippen LogP contribution in [0.4, 0.5) is 0 Å². The molecule has 0 unspecified atom stereocenters. The Labute approximate surface area is 224 Å². The highest BCUT2D eigenvalue weighted by molar-refractivity contribution is 9.10. The highest BCUT2D eigenvalue weighted by atomic mass is 79.9. The highest BCUT2D eigenvalue weighted by Gasteiger charge is 2.31. The fourth-order valence-electron chi connectivity index (χ4n) is 3.58. The molecular weight excluding hydrogens is 551 g/mol. The van der Waals surface area contributed by atoms with E-state index in [2.05, 4.69) is 21.2 Å². The number of carbonyl (C=O) groups is 2. The third-order valence-electron chi connectivity index (χ3n) is 5.19. The summed E-state index contributed by atoms with van der Waals surface area (Å²) in [4.78, 5) is 28.4. The van der Waals surface area contributed by atoms with Gasteiger partial charge in [-0.05, 0) is 55.3 Å². The minimum atomic E-state index is -0.754. The number of hydrogen-bond acceptors (Lipinski definition) is 3. The van der Waals surface area contributed by atoms with Gasteiger partial charge in [-0.2, -0.15) is 0 Å². The number of benzene rings is 3. The summed E-state index contributed by atoms with van der Waals surface area (Å²) in [5.41, 5.74) is 1.75. The standard InChI is InChI=1S/C27H27BrCl2N2O3/c1-18(2)31-27(34)24(14-19-7-4-3-5-8-19)32(16-20-9-6-10-22(29)13-20)26(33)17-35-25-12-11-21(28)15-23(25)30/h3-13,15,18,24H,14,16-17H2,1-2H3,(H,31,34)/t24-/m0/s1. The first-order chi connectivity index (χ1) is 16.7. The maximum Gasteiger partial charge on any atom is 0.261 e. The van der Waals surface area contributed by atoms with Crippen LogP contribution in [0.1, 0.15) is 25.0 Å². The van der Waals surface area contributed by atoms with Gasteiger partial charge in [0.2, 0.25) is 5.91 Å². The second kappa shape index (κ2) is 13.0. The van der Waals surface area contributed by atoms with Crippen LogP contribution < -0.4 is 10.1 Å². The van der Waals surface area contributed by atoms with Gasteiger partial charge in [0.1, 0.15) is 11.8 Å². The molecule has 0 bridgehead atoms. The number of amides is 2. The summed E-state index contributed by atoms with van der Waals surface area (Å²) in [5.74, 6) is -0.193. The SMILES string of the molecule is CC(C)NC(=O)[C@H](Cc1ccccc1)N(Cc1cccc(Cl)c1)C(=O)COc1ccc(Br)cc1Cl. The third-order valence-corrected chi connectivity index (χ3v) is 6.21. The van der Waals surface area contributed by atoms with Crippen molar-refractivity contribution in [1.82, 2.24) is 10.2 Å². The van der Waals surface area contributed by atoms with Crippen molar-refractivity contribution < 1.29 is 14.3 Å². The summed E-state index contributed by atoms with van der Waals surface area (Å²) in [5, 5.41) is 3.89. The molecule has 184 valence electrons. The number of nitrogens with zero attached hydrogens (tertiary/aromatic N) is 1. The van der Waals surface area contributed by atoms with Crippen molar-refractivity contribution >= 4 is 50.9 Å². The van der Waals surface area contributed by atoms with E-state index in [0.717, 1.165) is 15.6 Å². The second-order valence-electron chi connectivity index (χ2n) is 8.38. The largest absolute Gasteiger partial charge is 0.482 e. The quantitative estimate of drug-likeness (QED) is 0.308. The van der Waals surface area contributed by atoms with Gasteiger partial charge in [0.15, 0.2) is 6.61 Å². The van der Waals surface area contributed by atoms with Crippen LogP contribution in [0.15, 0.2) is 77.3 Å². The maximum absolute atomic E-state index is 13.5. The lowest BCUT2D eigenvalue weighted by Crippen LogP contribution is -2.52. The van der Waals surface area contributed by atoms with Crippen molar-refractivity contribution in [1.29, 1.82) is 0 Å². The van der Waals surface area contributed by atoms with Crippen molar-refractivity contribution in [2.24, 2.45) is 0 Å². The molecule has 2 amide bonds. The highest BCUT2D eigenvalue weighted by Crippen LogP contribution is 2.28. The third kappa shape index (κ3) is 8.27. The van der Waals surface area contributed by atoms with Crippen molar-refractivity contribution in [3.63, 3.8) is 0 Å². The molecule has 35 heavy (non-hydrogen) atoms. The Bertz CT molecular complexity index is 1160. The molecule has 5 nitrogen and oxygen atoms in total. The lowest BCUT2D eigenvalue weighted by atomic mass is 10.0. The Balaban J connectivity index is 1.92. The zero-order valence-corrected chi connectivity index (χ0v) is 22.6. The molecule has 0 aliphatic rings. The van der Waals surface area contributed by atoms with E-state index in [4.69, 9.17) is 27.9 Å². The second-order valence-corrected chi connectivity index (χ2v) is 10.1. The topological polar surface area (TPSA) is 58.6 Å². The molecule has 0 fully saturated rings. The number of rotatable bonds is 10. The van der Waals surface area contributed by atoms with Crippen LogP contribution in [0.3, 0.4) is 0 Å². The Hall–Kier alpha value is -2.54. The van der Waals surface area contributed by atoms with Gasteiger partial charge in [-0.1, -0.05) is 81.6 Å². The number of halogens is 3. The minimum absolute atomic E-state index is 0.0817. The molecule has 0 aliphatic carbocycles. The maximum atomic E-state index is 13.5. The molecule has 0 radical (unpaired) electrons. The molecule has 0 aromatic heterocycles. The summed E-state index contributed by atoms with van der Waals surface area (Å²) in [6.45, 7) is 3.69. The summed E-state index contributed by atoms with van der Waals surface area (Å²) in [7, 11) is 0. The van der Waals surface area contributed by atoms with Gasteiger partial charge in [0.25, 0.3) is 5.91 Å². The van der Waals surface area contributed by atoms with E-state index in [1.807, 2.05) is 56.3 Å². The van der Waals surface area contributed by atoms with Crippen molar-refractivity contribution in [3.8, 4) is 5.75 Å². The molecule has 8 heteroatoms. The smallest absolute Gasteiger partial charge is 0.261 e. The van der Waals surface area contributed by atoms with E-state index < -0.39 is 6.04 Å². The summed E-state index contributed by atoms with van der Waals surface area (Å²) >= 11 is 15.8. The lowest BCUT2D eigenvalue weighted by molar-refractivity contribution is -0.143. The Morgan fingerprint density at radius 1 is 0.971 bits per heavy atom. The Morgan fingerprint density at radius 3 is 2.34 bits per heavy atom. The molecule has 1 atom stereocenters. The van der Waals surface area contributed by atoms with Gasteiger partial charge >= 0.3 is 0 Å². The molecular formula is C27H27BrCl2N2O3. The molecule has 3 aromatic carbocycles. The van der Waals surface area contributed by atoms with Crippen molar-refractivity contribution in [2.75, 3.05) is 6.61 Å². The van der Waals surface area contributed by atoms with E-state index in [-0.39, 0.29) is 31.0 Å². The molecule has 0 heterocycles. The lowest BCUT2D eigenvalue weighted by Gasteiger charge is -2.32. The van der Waals surface area contributed by atoms with Gasteiger partial charge < -0.3 is 15.0 Å². The van der Waals surface area contributed by atoms with Crippen molar-refractivity contribution in [2.45, 2.75) is 38.9 Å². The molecule has 3 aromatic rings. The number of carbonyl (C=O) groups excluding carboxylic acids is 2. The monoisotopic (exact) mass is 576 g/mol. The number of hydrogen-bond donors (Lipinski definition) is 1. The molecule has 3 rings (SSSR count). The van der Waals surface area contributed by atoms with E-state index in [0.29, 0.717) is 22.2 Å². The van der Waals surface area contributed by atoms with Gasteiger partial charge in [-0.3, -0.25) is 9.59 Å². The van der Waals surface area contributed by atoms with Gasteiger partial charge in [-0.15, -0.1) is 0 Å². The Morgan fingerprint density at radius 2 is 1.69 bits per heavy atom. The molecule has 0 saturated heterocycles. The van der Waals surface area contributed by atoms with Crippen LogP contribution in [0.5, 0.6) is 5.75 Å². The van der Waals surface area contributed by atoms with E-state index in [1.54, 1.807) is 35.2 Å². The first-order valence-corrected chi connectivity index (χ1v) is 12.7. The predicted molar refractivity (Wildman–Crippen MR) is 144 cm³/mol. The molecule has 0 aliphatic heterocycles. The van der Waals surface area contributed by atoms with E-state index >= 15 is 0 Å². The Kier molecular flexibility index (Phi) is 10.0. The molecule has 1 N–H and O–H groups in total. The summed E-state index contributed by atoms with van der Waals surface area (Å²) in [6, 6.07) is 21.2. The van der Waals surface area contributed by atoms with Gasteiger partial charge in [0.05, 0.1) is 5.02 Å². The fraction of sp³-hybridized carbons (Fsp3) is 0.259. The summed E-state index contributed by atoms with van der Waals surface area (Å²) in [6.07, 6.45) is 0.352. The normalized spacial score (nSPS) is 11.7. The zero-order valence-electron chi connectivity index (χ0n) is 19.5. The minimum Gasteiger partial charge on any atom is -0.482 e. The van der Waals surface area contributed by atoms with Crippen LogP contribution in [0.25, 0.3) is 0 Å². The average molecular weight is 578 g/mol. The van der Waals surface area contributed by atoms with E-state index in [1.165, 1.54) is 0 Å². The van der Waals surface area contributed by atoms with E-state index in [9.17, 15) is 9.59 Å². The predicted octanol–water partition coefficient (Wildman–Crippen LogP) is 6.30. The first kappa shape index (κ1) is 27.1. The average Bonchev–Trinajstić information content (AvgIpc) is 2.81. The van der Waals surface area contributed by atoms with Gasteiger partial charge in [0, 0.05) is 28.5 Å². The van der Waals surface area contributed by atoms with Crippen LogP contribution in [0, 0.1) is 0 Å². The van der Waals surface area contributed by atoms with Crippen LogP contribution >= 0.6 is 39.1 Å². The van der Waals surface area contributed by atoms with Crippen LogP contribution in [0.2, 0.25) is 10.0 Å². The van der Waals surface area contributed by atoms with Gasteiger partial charge in [-0.25, -0.2) is 0 Å². The number of ether oxygens (including phenoxy) is 1. The number of nitrogens with one attached hydrogen (secondary N) is 1. The molecule has 0 spiro atoms. The molecule has 0 saturated carbocycles. The van der Waals surface area contributed by atoms with Crippen LogP contribution in [-0.4, -0.2) is 35.4 Å². The zero-order chi connectivity index (χ0) is 25.4. The van der Waals surface area contributed by atoms with Crippen molar-refractivity contribution in [3.05, 3.63) is 98.4 Å². The summed E-state index contributed by atoms with van der Waals surface area (Å²) < 4.78 is 6.56. The van der Waals surface area contributed by atoms with Crippen LogP contribution in [-0.2, 0) is 22.6 Å². The fourth-order valence-corrected chi connectivity index (χ4v) is 4.52.